The first-order valence-electron chi connectivity index (χ1n) is 12.5. The molecule has 0 aliphatic carbocycles. The van der Waals surface area contributed by atoms with Crippen LogP contribution in [0, 0.1) is 0 Å². The van der Waals surface area contributed by atoms with E-state index in [-0.39, 0.29) is 30.5 Å². The van der Waals surface area contributed by atoms with Crippen LogP contribution in [0.25, 0.3) is 27.7 Å². The smallest absolute Gasteiger partial charge is 0.543 e. The van der Waals surface area contributed by atoms with E-state index in [2.05, 4.69) is 9.97 Å². The molecule has 5 heterocycles. The summed E-state index contributed by atoms with van der Waals surface area (Å²) in [4.78, 5) is 33.8. The Kier molecular flexibility index (Phi) is 7.35. The third-order valence-corrected chi connectivity index (χ3v) is 7.38. The molecule has 10 heteroatoms. The van der Waals surface area contributed by atoms with Crippen LogP contribution in [0.3, 0.4) is 0 Å². The summed E-state index contributed by atoms with van der Waals surface area (Å²) in [6, 6.07) is 11.1. The summed E-state index contributed by atoms with van der Waals surface area (Å²) in [5, 5.41) is 18.1. The van der Waals surface area contributed by atoms with E-state index in [9.17, 15) is 14.7 Å². The van der Waals surface area contributed by atoms with Crippen molar-refractivity contribution < 1.29 is 38.3 Å². The van der Waals surface area contributed by atoms with E-state index < -0.39 is 5.97 Å². The van der Waals surface area contributed by atoms with Crippen LogP contribution in [0.15, 0.2) is 48.8 Å². The maximum atomic E-state index is 12.2. The van der Waals surface area contributed by atoms with Crippen LogP contribution in [0.2, 0.25) is 0 Å². The Morgan fingerprint density at radius 2 is 1.89 bits per heavy atom. The van der Waals surface area contributed by atoms with Crippen molar-refractivity contribution in [2.24, 2.45) is 0 Å². The molecule has 0 unspecified atom stereocenters. The van der Waals surface area contributed by atoms with Gasteiger partial charge in [-0.05, 0) is 48.9 Å². The summed E-state index contributed by atoms with van der Waals surface area (Å²) < 4.78 is 7.61. The van der Waals surface area contributed by atoms with Gasteiger partial charge in [-0.3, -0.25) is 14.8 Å². The molecule has 0 saturated carbocycles. The predicted octanol–water partition coefficient (Wildman–Crippen LogP) is -0.351. The van der Waals surface area contributed by atoms with Gasteiger partial charge in [0, 0.05) is 61.5 Å². The molecule has 0 radical (unpaired) electrons. The number of carbonyl (C=O) groups is 2. The molecule has 188 valence electrons. The van der Waals surface area contributed by atoms with Gasteiger partial charge in [0.05, 0.1) is 41.0 Å². The van der Waals surface area contributed by atoms with Gasteiger partial charge in [-0.1, -0.05) is 12.1 Å². The molecule has 1 amide bonds. The Hall–Kier alpha value is -3.51. The molecule has 0 N–H and O–H groups in total. The molecule has 9 nitrogen and oxygen atoms in total. The molecule has 0 bridgehead atoms. The van der Waals surface area contributed by atoms with Gasteiger partial charge in [0.15, 0.2) is 0 Å². The molecule has 1 saturated heterocycles. The summed E-state index contributed by atoms with van der Waals surface area (Å²) in [7, 11) is 0. The number of fused-ring (bicyclic) bond motifs is 2. The van der Waals surface area contributed by atoms with E-state index in [4.69, 9.17) is 9.84 Å². The minimum absolute atomic E-state index is 0. The quantitative estimate of drug-likeness (QED) is 0.350. The van der Waals surface area contributed by atoms with Crippen LogP contribution < -0.4 is 24.0 Å². The standard InChI is InChI=1S/C28H27N5O4.Li/c1-17(34)32-10-7-21-26(16-32)33(31-27(21)18-8-11-37-12-9-18)25-4-2-3-19-13-24(30-15-22(19)25)20-5-6-23(28(35)36)29-14-20;/h2-6,13-15,18H,7-12,16H2,1H3,(H,35,36);/q;+1/p-1. The Labute approximate surface area is 232 Å². The van der Waals surface area contributed by atoms with E-state index in [1.54, 1.807) is 13.0 Å². The van der Waals surface area contributed by atoms with Gasteiger partial charge in [-0.25, -0.2) is 4.68 Å². The predicted molar refractivity (Wildman–Crippen MR) is 134 cm³/mol. The Morgan fingerprint density at radius 3 is 2.61 bits per heavy atom. The second-order valence-electron chi connectivity index (χ2n) is 9.59. The first-order chi connectivity index (χ1) is 18.0. The number of benzene rings is 1. The molecule has 1 aromatic carbocycles. The molecule has 2 aliphatic rings. The summed E-state index contributed by atoms with van der Waals surface area (Å²) >= 11 is 0. The molecule has 0 atom stereocenters. The number of pyridine rings is 2. The van der Waals surface area contributed by atoms with Crippen LogP contribution in [0.4, 0.5) is 0 Å². The van der Waals surface area contributed by atoms with Crippen LogP contribution in [-0.2, 0) is 22.5 Å². The molecule has 38 heavy (non-hydrogen) atoms. The number of amides is 1. The van der Waals surface area contributed by atoms with Crippen LogP contribution in [-0.4, -0.2) is 56.3 Å². The molecule has 0 spiro atoms. The van der Waals surface area contributed by atoms with Gasteiger partial charge in [0.25, 0.3) is 0 Å². The van der Waals surface area contributed by atoms with Gasteiger partial charge in [0.1, 0.15) is 0 Å². The molecule has 6 rings (SSSR count). The van der Waals surface area contributed by atoms with Crippen molar-refractivity contribution in [3.63, 3.8) is 0 Å². The Balaban J connectivity index is 0.00000294. The van der Waals surface area contributed by atoms with Crippen molar-refractivity contribution >= 4 is 22.6 Å². The van der Waals surface area contributed by atoms with Crippen LogP contribution in [0.5, 0.6) is 0 Å². The normalized spacial score (nSPS) is 15.7. The second-order valence-corrected chi connectivity index (χ2v) is 9.59. The number of aromatic carboxylic acids is 1. The van der Waals surface area contributed by atoms with Gasteiger partial charge >= 0.3 is 18.9 Å². The van der Waals surface area contributed by atoms with Crippen molar-refractivity contribution in [1.29, 1.82) is 0 Å². The number of carboxylic acids is 1. The van der Waals surface area contributed by atoms with Gasteiger partial charge in [0.2, 0.25) is 5.91 Å². The zero-order valence-electron chi connectivity index (χ0n) is 21.5. The van der Waals surface area contributed by atoms with E-state index in [0.29, 0.717) is 30.3 Å². The molecule has 1 fully saturated rings. The number of carboxylic acid groups (broad SMARTS) is 1. The monoisotopic (exact) mass is 503 g/mol. The minimum atomic E-state index is -1.31. The topological polar surface area (TPSA) is 113 Å². The first-order valence-corrected chi connectivity index (χ1v) is 12.5. The summed E-state index contributed by atoms with van der Waals surface area (Å²) in [6.45, 7) is 4.33. The van der Waals surface area contributed by atoms with Gasteiger partial charge < -0.3 is 19.5 Å². The summed E-state index contributed by atoms with van der Waals surface area (Å²) in [6.07, 6.45) is 6.00. The number of aromatic nitrogens is 4. The first kappa shape index (κ1) is 26.1. The maximum Gasteiger partial charge on any atom is 1.00 e. The molecular formula is C28H26LiN5O4. The van der Waals surface area contributed by atoms with E-state index in [0.717, 1.165) is 60.3 Å². The average Bonchev–Trinajstić information content (AvgIpc) is 3.31. The fraction of sp³-hybridized carbons (Fsp3) is 0.321. The summed E-state index contributed by atoms with van der Waals surface area (Å²) in [5.41, 5.74) is 5.65. The van der Waals surface area contributed by atoms with E-state index >= 15 is 0 Å². The van der Waals surface area contributed by atoms with Crippen molar-refractivity contribution in [3.05, 3.63) is 71.4 Å². The fourth-order valence-corrected chi connectivity index (χ4v) is 5.38. The number of hydrogen-bond donors (Lipinski definition) is 0. The second kappa shape index (κ2) is 10.7. The fourth-order valence-electron chi connectivity index (χ4n) is 5.38. The van der Waals surface area contributed by atoms with Crippen molar-refractivity contribution in [1.82, 2.24) is 24.6 Å². The number of ether oxygens (including phenoxy) is 1. The van der Waals surface area contributed by atoms with E-state index in [1.165, 1.54) is 17.8 Å². The number of nitrogens with zero attached hydrogens (tertiary/aromatic N) is 5. The largest absolute Gasteiger partial charge is 1.00 e. The Bertz CT molecular complexity index is 1510. The SMILES string of the molecule is CC(=O)N1CCc2c(C3CCOCC3)nn(-c3cccc4cc(-c5ccc(C(=O)[O-])nc5)ncc34)c2C1.[Li+]. The number of hydrogen-bond acceptors (Lipinski definition) is 7. The Morgan fingerprint density at radius 1 is 1.08 bits per heavy atom. The third-order valence-electron chi connectivity index (χ3n) is 7.38. The number of rotatable bonds is 4. The van der Waals surface area contributed by atoms with Gasteiger partial charge in [-0.15, -0.1) is 0 Å². The minimum Gasteiger partial charge on any atom is -0.543 e. The van der Waals surface area contributed by atoms with Crippen molar-refractivity contribution in [3.8, 4) is 16.9 Å². The van der Waals surface area contributed by atoms with Gasteiger partial charge in [-0.2, -0.15) is 5.10 Å². The molecule has 4 aromatic rings. The van der Waals surface area contributed by atoms with Crippen LogP contribution in [0.1, 0.15) is 53.1 Å². The molecular weight excluding hydrogens is 477 g/mol. The zero-order valence-corrected chi connectivity index (χ0v) is 21.5. The summed E-state index contributed by atoms with van der Waals surface area (Å²) in [5.74, 6) is -0.897. The average molecular weight is 503 g/mol. The molecule has 2 aliphatic heterocycles. The van der Waals surface area contributed by atoms with E-state index in [1.807, 2.05) is 40.0 Å². The third kappa shape index (κ3) is 4.73. The van der Waals surface area contributed by atoms with Crippen molar-refractivity contribution in [2.75, 3.05) is 19.8 Å². The van der Waals surface area contributed by atoms with Crippen LogP contribution >= 0.6 is 0 Å². The van der Waals surface area contributed by atoms with Crippen molar-refractivity contribution in [2.45, 2.75) is 38.6 Å². The molecule has 3 aromatic heterocycles. The zero-order chi connectivity index (χ0) is 25.5. The number of carbonyl (C=O) groups excluding carboxylic acids is 2. The maximum absolute atomic E-state index is 12.2.